The topological polar surface area (TPSA) is 13.1 Å². The van der Waals surface area contributed by atoms with Crippen molar-refractivity contribution in [2.75, 3.05) is 0 Å². The summed E-state index contributed by atoms with van der Waals surface area (Å²) >= 11 is 0. The monoisotopic (exact) mass is 580 g/mol. The number of rotatable bonds is 4. The summed E-state index contributed by atoms with van der Waals surface area (Å²) in [6.45, 7) is 0. The second-order valence-electron chi connectivity index (χ2n) is 11.1. The van der Waals surface area contributed by atoms with E-state index in [1.807, 2.05) is 54.6 Å². The normalized spacial score (nSPS) is 14.0. The fourth-order valence-electron chi connectivity index (χ4n) is 6.49. The lowest BCUT2D eigenvalue weighted by atomic mass is 9.85. The number of fused-ring (bicyclic) bond motifs is 5. The maximum absolute atomic E-state index is 9.32. The van der Waals surface area contributed by atoms with Crippen LogP contribution in [0.5, 0.6) is 0 Å². The molecule has 0 aliphatic heterocycles. The van der Waals surface area contributed by atoms with Crippen molar-refractivity contribution in [3.63, 3.8) is 0 Å². The molecule has 0 saturated carbocycles. The quantitative estimate of drug-likeness (QED) is 0.189. The fraction of sp³-hybridized carbons (Fsp3) is 0. The zero-order valence-electron chi connectivity index (χ0n) is 32.0. The van der Waals surface area contributed by atoms with Gasteiger partial charge in [0.25, 0.3) is 0 Å². The molecule has 0 fully saturated rings. The zero-order valence-corrected chi connectivity index (χ0v) is 24.0. The third kappa shape index (κ3) is 4.17. The molecule has 0 aliphatic rings. The maximum Gasteiger partial charge on any atom is 0.136 e. The van der Waals surface area contributed by atoms with E-state index in [-0.39, 0.29) is 45.7 Å². The predicted octanol–water partition coefficient (Wildman–Crippen LogP) is 12.6. The Morgan fingerprint density at radius 3 is 1.51 bits per heavy atom. The van der Waals surface area contributed by atoms with Crippen LogP contribution in [0.1, 0.15) is 11.0 Å². The summed E-state index contributed by atoms with van der Waals surface area (Å²) in [6.07, 6.45) is 0. The van der Waals surface area contributed by atoms with Crippen molar-refractivity contribution in [3.8, 4) is 44.5 Å². The second-order valence-corrected chi connectivity index (χ2v) is 11.1. The van der Waals surface area contributed by atoms with Crippen molar-refractivity contribution >= 4 is 43.5 Å². The largest absolute Gasteiger partial charge is 0.456 e. The van der Waals surface area contributed by atoms with Gasteiger partial charge in [-0.3, -0.25) is 0 Å². The molecular weight excluding hydrogens is 544 g/mol. The number of hydrogen-bond acceptors (Lipinski definition) is 1. The van der Waals surface area contributed by atoms with Gasteiger partial charge in [0, 0.05) is 10.8 Å². The summed E-state index contributed by atoms with van der Waals surface area (Å²) in [5, 5.41) is 2.12. The van der Waals surface area contributed by atoms with Gasteiger partial charge in [0.2, 0.25) is 0 Å². The van der Waals surface area contributed by atoms with Crippen molar-refractivity contribution in [1.82, 2.24) is 0 Å². The molecule has 0 N–H and O–H groups in total. The molecule has 0 spiro atoms. The Balaban J connectivity index is 1.42. The van der Waals surface area contributed by atoms with E-state index in [0.717, 1.165) is 27.6 Å². The van der Waals surface area contributed by atoms with Crippen molar-refractivity contribution in [2.24, 2.45) is 0 Å². The van der Waals surface area contributed by atoms with Crippen LogP contribution in [0.25, 0.3) is 88.0 Å². The van der Waals surface area contributed by atoms with E-state index in [0.29, 0.717) is 38.8 Å². The number of benzene rings is 8. The molecule has 0 atom stereocenters. The molecule has 0 amide bonds. The molecule has 1 aromatic heterocycles. The van der Waals surface area contributed by atoms with Crippen LogP contribution in [0.15, 0.2) is 174 Å². The van der Waals surface area contributed by atoms with Crippen molar-refractivity contribution in [3.05, 3.63) is 170 Å². The average Bonchev–Trinajstić information content (AvgIpc) is 3.58. The molecule has 1 heterocycles. The lowest BCUT2D eigenvalue weighted by molar-refractivity contribution is 0.669. The smallest absolute Gasteiger partial charge is 0.136 e. The predicted molar refractivity (Wildman–Crippen MR) is 190 cm³/mol. The lowest BCUT2D eigenvalue weighted by Crippen LogP contribution is -1.91. The maximum atomic E-state index is 9.32. The van der Waals surface area contributed by atoms with E-state index in [1.165, 1.54) is 0 Å². The Labute approximate surface area is 272 Å². The van der Waals surface area contributed by atoms with E-state index in [9.17, 15) is 5.48 Å². The highest BCUT2D eigenvalue weighted by Gasteiger charge is 2.20. The first-order chi connectivity index (χ1) is 25.7. The molecule has 0 saturated heterocycles. The Bertz CT molecular complexity index is 2870. The fourth-order valence-corrected chi connectivity index (χ4v) is 6.49. The molecule has 45 heavy (non-hydrogen) atoms. The van der Waals surface area contributed by atoms with Gasteiger partial charge in [-0.05, 0) is 84.3 Å². The SMILES string of the molecule is [2H]c1c([2H])c([2H])c2c(-c3cccc4oc5ccc(-c6ccc(-c7ccccc7)cc6)cc5c34)c3c([2H])c([2H])c([2H])c([2H])c3c(-c3ccccc3)c2c1[2H]. The van der Waals surface area contributed by atoms with E-state index >= 15 is 0 Å². The summed E-state index contributed by atoms with van der Waals surface area (Å²) < 4.78 is 78.4. The van der Waals surface area contributed by atoms with Gasteiger partial charge in [-0.15, -0.1) is 0 Å². The minimum absolute atomic E-state index is 0.168. The van der Waals surface area contributed by atoms with Gasteiger partial charge in [0.15, 0.2) is 0 Å². The molecule has 210 valence electrons. The van der Waals surface area contributed by atoms with Crippen LogP contribution in [-0.4, -0.2) is 0 Å². The molecule has 0 bridgehead atoms. The van der Waals surface area contributed by atoms with Gasteiger partial charge >= 0.3 is 0 Å². The molecule has 0 aliphatic carbocycles. The van der Waals surface area contributed by atoms with Crippen LogP contribution in [0.3, 0.4) is 0 Å². The third-order valence-electron chi connectivity index (χ3n) is 8.53. The van der Waals surface area contributed by atoms with Crippen LogP contribution >= 0.6 is 0 Å². The van der Waals surface area contributed by atoms with Crippen molar-refractivity contribution < 1.29 is 15.4 Å². The Hall–Kier alpha value is -5.92. The molecule has 1 nitrogen and oxygen atoms in total. The third-order valence-corrected chi connectivity index (χ3v) is 8.53. The average molecular weight is 581 g/mol. The lowest BCUT2D eigenvalue weighted by Gasteiger charge is -2.18. The van der Waals surface area contributed by atoms with Gasteiger partial charge in [-0.1, -0.05) is 151 Å². The molecule has 0 unspecified atom stereocenters. The summed E-state index contributed by atoms with van der Waals surface area (Å²) in [5.41, 5.74) is 6.99. The van der Waals surface area contributed by atoms with Gasteiger partial charge in [0.05, 0.1) is 11.0 Å². The number of hydrogen-bond donors (Lipinski definition) is 0. The Kier molecular flexibility index (Phi) is 4.30. The van der Waals surface area contributed by atoms with E-state index in [2.05, 4.69) is 36.4 Å². The molecule has 9 rings (SSSR count). The highest BCUT2D eigenvalue weighted by atomic mass is 16.3. The number of furan rings is 1. The van der Waals surface area contributed by atoms with Gasteiger partial charge in [-0.25, -0.2) is 0 Å². The molecule has 9 aromatic rings. The van der Waals surface area contributed by atoms with Gasteiger partial charge < -0.3 is 4.42 Å². The first-order valence-electron chi connectivity index (χ1n) is 18.8. The van der Waals surface area contributed by atoms with Crippen LogP contribution in [-0.2, 0) is 0 Å². The van der Waals surface area contributed by atoms with Gasteiger partial charge in [0.1, 0.15) is 11.2 Å². The summed E-state index contributed by atoms with van der Waals surface area (Å²) in [5.74, 6) is 0. The standard InChI is InChI=1S/C44H28O/c1-3-12-29(13-4-1)30-22-24-31(25-23-30)33-26-27-40-39(28-33)44-38(20-11-21-41(44)45-40)43-36-18-9-7-16-34(36)42(32-14-5-2-6-15-32)35-17-8-10-19-37(35)43/h1-28H/i7D,8D,9D,10D,16D,17D,18D,19D. The minimum Gasteiger partial charge on any atom is -0.456 e. The van der Waals surface area contributed by atoms with Crippen LogP contribution < -0.4 is 0 Å². The van der Waals surface area contributed by atoms with E-state index < -0.39 is 24.2 Å². The highest BCUT2D eigenvalue weighted by molar-refractivity contribution is 6.25. The summed E-state index contributed by atoms with van der Waals surface area (Å²) in [4.78, 5) is 0. The van der Waals surface area contributed by atoms with Crippen LogP contribution in [0.2, 0.25) is 0 Å². The summed E-state index contributed by atoms with van der Waals surface area (Å²) in [6, 6.07) is 35.9. The first-order valence-corrected chi connectivity index (χ1v) is 14.8. The molecule has 8 aromatic carbocycles. The molecule has 1 heteroatoms. The zero-order chi connectivity index (χ0) is 36.7. The first kappa shape index (κ1) is 18.7. The highest BCUT2D eigenvalue weighted by Crippen LogP contribution is 2.47. The summed E-state index contributed by atoms with van der Waals surface area (Å²) in [7, 11) is 0. The van der Waals surface area contributed by atoms with E-state index in [4.69, 9.17) is 9.90 Å². The minimum atomic E-state index is -0.437. The Morgan fingerprint density at radius 1 is 0.378 bits per heavy atom. The van der Waals surface area contributed by atoms with Crippen LogP contribution in [0, 0.1) is 0 Å². The molecular formula is C44H28O. The van der Waals surface area contributed by atoms with E-state index in [1.54, 1.807) is 30.3 Å². The van der Waals surface area contributed by atoms with Crippen molar-refractivity contribution in [2.45, 2.75) is 0 Å². The molecule has 0 radical (unpaired) electrons. The van der Waals surface area contributed by atoms with Crippen LogP contribution in [0.4, 0.5) is 0 Å². The van der Waals surface area contributed by atoms with Gasteiger partial charge in [-0.2, -0.15) is 0 Å². The Morgan fingerprint density at radius 2 is 0.889 bits per heavy atom. The van der Waals surface area contributed by atoms with Crippen molar-refractivity contribution in [1.29, 1.82) is 0 Å². The second kappa shape index (κ2) is 10.4.